The number of aryl methyl sites for hydroxylation is 1. The number of amides is 1. The van der Waals surface area contributed by atoms with Crippen LogP contribution in [0.2, 0.25) is 0 Å². The van der Waals surface area contributed by atoms with Crippen molar-refractivity contribution in [2.24, 2.45) is 13.0 Å². The fourth-order valence-electron chi connectivity index (χ4n) is 4.80. The molecular formula is C19H26N4O. The van der Waals surface area contributed by atoms with Crippen LogP contribution in [0.1, 0.15) is 30.4 Å². The van der Waals surface area contributed by atoms with Crippen molar-refractivity contribution in [2.75, 3.05) is 20.1 Å². The molecule has 0 saturated carbocycles. The predicted octanol–water partition coefficient (Wildman–Crippen LogP) is 1.78. The summed E-state index contributed by atoms with van der Waals surface area (Å²) < 4.78 is 2.27. The van der Waals surface area contributed by atoms with Crippen molar-refractivity contribution < 1.29 is 4.79 Å². The molecule has 1 unspecified atom stereocenters. The van der Waals surface area contributed by atoms with Crippen LogP contribution >= 0.6 is 0 Å². The second-order valence-corrected chi connectivity index (χ2v) is 7.49. The highest BCUT2D eigenvalue weighted by Gasteiger charge is 2.39. The summed E-state index contributed by atoms with van der Waals surface area (Å²) in [6, 6.07) is 7.33. The summed E-state index contributed by atoms with van der Waals surface area (Å²) in [5, 5.41) is 1.48. The summed E-state index contributed by atoms with van der Waals surface area (Å²) in [4.78, 5) is 13.6. The molecule has 1 aromatic carbocycles. The molecule has 1 fully saturated rings. The van der Waals surface area contributed by atoms with E-state index >= 15 is 0 Å². The Morgan fingerprint density at radius 3 is 2.96 bits per heavy atom. The highest BCUT2D eigenvalue weighted by Crippen LogP contribution is 2.44. The second-order valence-electron chi connectivity index (χ2n) is 7.49. The van der Waals surface area contributed by atoms with Crippen LogP contribution in [0.25, 0.3) is 10.9 Å². The lowest BCUT2D eigenvalue weighted by atomic mass is 9.72. The van der Waals surface area contributed by atoms with Crippen LogP contribution in [-0.4, -0.2) is 41.6 Å². The molecule has 2 aliphatic rings. The van der Waals surface area contributed by atoms with Gasteiger partial charge in [-0.2, -0.15) is 0 Å². The molecule has 1 aliphatic heterocycles. The first-order valence-electron chi connectivity index (χ1n) is 8.81. The first-order chi connectivity index (χ1) is 11.5. The number of nitrogens with one attached hydrogen (secondary N) is 2. The van der Waals surface area contributed by atoms with E-state index in [4.69, 9.17) is 0 Å². The largest absolute Gasteiger partial charge is 0.350 e. The summed E-state index contributed by atoms with van der Waals surface area (Å²) in [7, 11) is 4.39. The van der Waals surface area contributed by atoms with Gasteiger partial charge in [-0.1, -0.05) is 12.1 Å². The number of carbonyl (C=O) groups is 1. The Kier molecular flexibility index (Phi) is 3.85. The van der Waals surface area contributed by atoms with E-state index in [9.17, 15) is 4.79 Å². The van der Waals surface area contributed by atoms with E-state index in [1.807, 2.05) is 0 Å². The van der Waals surface area contributed by atoms with E-state index < -0.39 is 0 Å². The van der Waals surface area contributed by atoms with Gasteiger partial charge in [0.15, 0.2) is 0 Å². The summed E-state index contributed by atoms with van der Waals surface area (Å²) in [5.41, 5.74) is 10.1. The van der Waals surface area contributed by atoms with Crippen molar-refractivity contribution >= 4 is 16.8 Å². The topological polar surface area (TPSA) is 49.3 Å². The van der Waals surface area contributed by atoms with Crippen molar-refractivity contribution in [3.63, 3.8) is 0 Å². The third-order valence-corrected chi connectivity index (χ3v) is 5.77. The molecule has 24 heavy (non-hydrogen) atoms. The zero-order chi connectivity index (χ0) is 16.8. The molecule has 2 N–H and O–H groups in total. The molecule has 1 amide bonds. The lowest BCUT2D eigenvalue weighted by Crippen LogP contribution is -2.51. The fourth-order valence-corrected chi connectivity index (χ4v) is 4.80. The molecule has 1 saturated heterocycles. The monoisotopic (exact) mass is 326 g/mol. The van der Waals surface area contributed by atoms with Crippen LogP contribution in [0.5, 0.6) is 0 Å². The molecule has 1 aliphatic carbocycles. The molecule has 5 nitrogen and oxygen atoms in total. The van der Waals surface area contributed by atoms with E-state index in [0.717, 1.165) is 19.5 Å². The lowest BCUT2D eigenvalue weighted by molar-refractivity contribution is -0.120. The molecule has 128 valence electrons. The second kappa shape index (κ2) is 5.90. The molecule has 2 aromatic rings. The number of likely N-dealkylation sites (tertiary alicyclic amines) is 1. The molecule has 2 heterocycles. The van der Waals surface area contributed by atoms with Gasteiger partial charge in [-0.3, -0.25) is 10.2 Å². The van der Waals surface area contributed by atoms with Gasteiger partial charge in [0.1, 0.15) is 0 Å². The first kappa shape index (κ1) is 15.7. The summed E-state index contributed by atoms with van der Waals surface area (Å²) >= 11 is 0. The van der Waals surface area contributed by atoms with Gasteiger partial charge in [-0.15, -0.1) is 0 Å². The van der Waals surface area contributed by atoms with Gasteiger partial charge >= 0.3 is 0 Å². The third-order valence-electron chi connectivity index (χ3n) is 5.77. The number of rotatable bonds is 3. The van der Waals surface area contributed by atoms with Crippen molar-refractivity contribution in [1.82, 2.24) is 20.3 Å². The Balaban J connectivity index is 1.62. The smallest absolute Gasteiger partial charge is 0.230 e. The number of fused-ring (bicyclic) bond motifs is 2. The summed E-state index contributed by atoms with van der Waals surface area (Å²) in [6.45, 7) is 3.44. The minimum atomic E-state index is -0.0339. The molecule has 5 heteroatoms. The minimum absolute atomic E-state index is 0.0339. The fraction of sp³-hybridized carbons (Fsp3) is 0.526. The van der Waals surface area contributed by atoms with E-state index in [-0.39, 0.29) is 5.91 Å². The van der Waals surface area contributed by atoms with Crippen LogP contribution < -0.4 is 10.9 Å². The number of piperidine rings is 1. The maximum atomic E-state index is 11.1. The first-order valence-corrected chi connectivity index (χ1v) is 8.81. The average Bonchev–Trinajstić information content (AvgIpc) is 2.86. The number of aromatic nitrogens is 1. The Morgan fingerprint density at radius 1 is 1.33 bits per heavy atom. The Hall–Kier alpha value is -1.85. The number of hydrogen-bond acceptors (Lipinski definition) is 3. The van der Waals surface area contributed by atoms with Gasteiger partial charge < -0.3 is 9.47 Å². The van der Waals surface area contributed by atoms with Gasteiger partial charge in [0.05, 0.1) is 0 Å². The van der Waals surface area contributed by atoms with E-state index in [1.165, 1.54) is 35.4 Å². The predicted molar refractivity (Wildman–Crippen MR) is 95.7 cm³/mol. The molecule has 0 spiro atoms. The molecule has 0 bridgehead atoms. The molecule has 3 atom stereocenters. The number of carbonyl (C=O) groups excluding carboxylic acids is 1. The number of nitrogens with zero attached hydrogens (tertiary/aromatic N) is 2. The van der Waals surface area contributed by atoms with Crippen molar-refractivity contribution in [3.05, 3.63) is 35.5 Å². The van der Waals surface area contributed by atoms with Crippen LogP contribution in [0.15, 0.2) is 24.4 Å². The summed E-state index contributed by atoms with van der Waals surface area (Å²) in [6.07, 6.45) is 4.62. The quantitative estimate of drug-likeness (QED) is 0.846. The standard InChI is InChI=1S/C19H26N4O/c1-12(24)21-20-9-13-7-16-15-5-4-6-17-19(15)14(11-23(17)3)8-18(16)22(2)10-13/h4-6,11,13,16,18,20H,7-10H2,1-3H3,(H,21,24)/t13?,16-,18-/m1/s1. The highest BCUT2D eigenvalue weighted by molar-refractivity contribution is 5.89. The maximum absolute atomic E-state index is 11.1. The van der Waals surface area contributed by atoms with Crippen molar-refractivity contribution in [2.45, 2.75) is 31.7 Å². The van der Waals surface area contributed by atoms with Crippen LogP contribution in [0, 0.1) is 5.92 Å². The van der Waals surface area contributed by atoms with Crippen molar-refractivity contribution in [3.8, 4) is 0 Å². The Bertz CT molecular complexity index is 781. The highest BCUT2D eigenvalue weighted by atomic mass is 16.2. The number of benzene rings is 1. The lowest BCUT2D eigenvalue weighted by Gasteiger charge is -2.45. The average molecular weight is 326 g/mol. The number of hydrazine groups is 1. The van der Waals surface area contributed by atoms with E-state index in [2.05, 4.69) is 58.8 Å². The van der Waals surface area contributed by atoms with E-state index in [0.29, 0.717) is 17.9 Å². The van der Waals surface area contributed by atoms with Crippen LogP contribution in [0.3, 0.4) is 0 Å². The number of hydrogen-bond donors (Lipinski definition) is 2. The van der Waals surface area contributed by atoms with Crippen molar-refractivity contribution in [1.29, 1.82) is 0 Å². The van der Waals surface area contributed by atoms with E-state index in [1.54, 1.807) is 0 Å². The zero-order valence-electron chi connectivity index (χ0n) is 14.7. The van der Waals surface area contributed by atoms with Gasteiger partial charge in [0, 0.05) is 56.1 Å². The Labute approximate surface area is 143 Å². The van der Waals surface area contributed by atoms with Gasteiger partial charge in [0.2, 0.25) is 5.91 Å². The molecular weight excluding hydrogens is 300 g/mol. The van der Waals surface area contributed by atoms with Crippen LogP contribution in [0.4, 0.5) is 0 Å². The minimum Gasteiger partial charge on any atom is -0.350 e. The van der Waals surface area contributed by atoms with Gasteiger partial charge in [0.25, 0.3) is 0 Å². The normalized spacial score (nSPS) is 26.4. The molecule has 4 rings (SSSR count). The maximum Gasteiger partial charge on any atom is 0.230 e. The SMILES string of the molecule is CC(=O)NNCC1C[C@@H]2c3cccc4c3c(cn4C)C[C@H]2N(C)C1. The summed E-state index contributed by atoms with van der Waals surface area (Å²) in [5.74, 6) is 1.09. The Morgan fingerprint density at radius 2 is 2.17 bits per heavy atom. The number of likely N-dealkylation sites (N-methyl/N-ethyl adjacent to an activating group) is 1. The zero-order valence-corrected chi connectivity index (χ0v) is 14.7. The van der Waals surface area contributed by atoms with Gasteiger partial charge in [-0.25, -0.2) is 5.43 Å². The third kappa shape index (κ3) is 2.52. The molecule has 0 radical (unpaired) electrons. The molecule has 1 aromatic heterocycles. The van der Waals surface area contributed by atoms with Crippen LogP contribution in [-0.2, 0) is 18.3 Å². The van der Waals surface area contributed by atoms with Gasteiger partial charge in [-0.05, 0) is 43.0 Å².